The summed E-state index contributed by atoms with van der Waals surface area (Å²) in [6, 6.07) is 12.2. The van der Waals surface area contributed by atoms with Gasteiger partial charge in [-0.25, -0.2) is 4.98 Å². The number of hydrogen-bond donors (Lipinski definition) is 2. The standard InChI is InChI=1S/C14H17N3/c1-11-8-12(9-15-2)10-16-14(11)17-13-6-4-3-5-7-13/h3-8,10,15H,9H2,1-2H3,(H,16,17). The van der Waals surface area contributed by atoms with E-state index in [0.29, 0.717) is 0 Å². The van der Waals surface area contributed by atoms with Gasteiger partial charge in [0.15, 0.2) is 0 Å². The lowest BCUT2D eigenvalue weighted by molar-refractivity contribution is 0.812. The Hall–Kier alpha value is -1.87. The van der Waals surface area contributed by atoms with Gasteiger partial charge < -0.3 is 10.6 Å². The molecule has 88 valence electrons. The van der Waals surface area contributed by atoms with Gasteiger partial charge in [0.05, 0.1) is 0 Å². The smallest absolute Gasteiger partial charge is 0.133 e. The zero-order chi connectivity index (χ0) is 12.1. The zero-order valence-corrected chi connectivity index (χ0v) is 10.2. The van der Waals surface area contributed by atoms with Crippen molar-refractivity contribution in [3.63, 3.8) is 0 Å². The van der Waals surface area contributed by atoms with Crippen LogP contribution in [0.15, 0.2) is 42.6 Å². The van der Waals surface area contributed by atoms with Gasteiger partial charge in [0.1, 0.15) is 5.82 Å². The number of hydrogen-bond acceptors (Lipinski definition) is 3. The molecule has 0 aliphatic rings. The van der Waals surface area contributed by atoms with Crippen molar-refractivity contribution in [2.24, 2.45) is 0 Å². The number of benzene rings is 1. The van der Waals surface area contributed by atoms with E-state index < -0.39 is 0 Å². The van der Waals surface area contributed by atoms with Crippen molar-refractivity contribution >= 4 is 11.5 Å². The monoisotopic (exact) mass is 227 g/mol. The van der Waals surface area contributed by atoms with Crippen LogP contribution in [0.3, 0.4) is 0 Å². The maximum atomic E-state index is 4.44. The fraction of sp³-hybridized carbons (Fsp3) is 0.214. The molecule has 2 rings (SSSR count). The number of para-hydroxylation sites is 1. The summed E-state index contributed by atoms with van der Waals surface area (Å²) in [7, 11) is 1.94. The molecule has 0 fully saturated rings. The average molecular weight is 227 g/mol. The first-order valence-electron chi connectivity index (χ1n) is 5.72. The van der Waals surface area contributed by atoms with Crippen LogP contribution in [0.1, 0.15) is 11.1 Å². The second kappa shape index (κ2) is 5.46. The number of aryl methyl sites for hydroxylation is 1. The fourth-order valence-corrected chi connectivity index (χ4v) is 1.72. The highest BCUT2D eigenvalue weighted by molar-refractivity contribution is 5.59. The van der Waals surface area contributed by atoms with Gasteiger partial charge in [0.2, 0.25) is 0 Å². The van der Waals surface area contributed by atoms with Crippen molar-refractivity contribution in [2.75, 3.05) is 12.4 Å². The Labute approximate surface area is 102 Å². The maximum absolute atomic E-state index is 4.44. The molecule has 17 heavy (non-hydrogen) atoms. The van der Waals surface area contributed by atoms with Crippen molar-refractivity contribution < 1.29 is 0 Å². The fourth-order valence-electron chi connectivity index (χ4n) is 1.72. The van der Waals surface area contributed by atoms with Gasteiger partial charge in [0, 0.05) is 18.4 Å². The van der Waals surface area contributed by atoms with Crippen molar-refractivity contribution in [3.05, 3.63) is 53.7 Å². The van der Waals surface area contributed by atoms with Crippen LogP contribution >= 0.6 is 0 Å². The Morgan fingerprint density at radius 3 is 2.59 bits per heavy atom. The van der Waals surface area contributed by atoms with Crippen molar-refractivity contribution in [1.29, 1.82) is 0 Å². The normalized spacial score (nSPS) is 10.2. The van der Waals surface area contributed by atoms with Crippen molar-refractivity contribution in [3.8, 4) is 0 Å². The Morgan fingerprint density at radius 1 is 1.18 bits per heavy atom. The lowest BCUT2D eigenvalue weighted by Gasteiger charge is -2.09. The third-order valence-corrected chi connectivity index (χ3v) is 2.55. The summed E-state index contributed by atoms with van der Waals surface area (Å²) in [4.78, 5) is 4.44. The third-order valence-electron chi connectivity index (χ3n) is 2.55. The molecule has 0 bridgehead atoms. The van der Waals surface area contributed by atoms with Gasteiger partial charge in [0.25, 0.3) is 0 Å². The Kier molecular flexibility index (Phi) is 3.73. The van der Waals surface area contributed by atoms with Crippen molar-refractivity contribution in [2.45, 2.75) is 13.5 Å². The van der Waals surface area contributed by atoms with Crippen LogP contribution in [0.25, 0.3) is 0 Å². The van der Waals surface area contributed by atoms with Crippen LogP contribution in [0, 0.1) is 6.92 Å². The number of nitrogens with zero attached hydrogens (tertiary/aromatic N) is 1. The average Bonchev–Trinajstić information content (AvgIpc) is 2.34. The van der Waals surface area contributed by atoms with Gasteiger partial charge in [-0.2, -0.15) is 0 Å². The molecule has 0 aliphatic carbocycles. The van der Waals surface area contributed by atoms with E-state index >= 15 is 0 Å². The van der Waals surface area contributed by atoms with E-state index in [4.69, 9.17) is 0 Å². The second-order valence-corrected chi connectivity index (χ2v) is 4.03. The van der Waals surface area contributed by atoms with E-state index in [1.54, 1.807) is 0 Å². The molecule has 2 N–H and O–H groups in total. The SMILES string of the molecule is CNCc1cnc(Nc2ccccc2)c(C)c1. The molecule has 0 amide bonds. The molecule has 0 unspecified atom stereocenters. The minimum absolute atomic E-state index is 0.847. The number of anilines is 2. The van der Waals surface area contributed by atoms with E-state index in [0.717, 1.165) is 23.6 Å². The van der Waals surface area contributed by atoms with Crippen LogP contribution < -0.4 is 10.6 Å². The highest BCUT2D eigenvalue weighted by atomic mass is 15.0. The number of nitrogens with one attached hydrogen (secondary N) is 2. The molecule has 0 aliphatic heterocycles. The number of pyridine rings is 1. The summed E-state index contributed by atoms with van der Waals surface area (Å²) in [5.74, 6) is 0.913. The first kappa shape index (κ1) is 11.6. The summed E-state index contributed by atoms with van der Waals surface area (Å²) in [6.07, 6.45) is 1.90. The van der Waals surface area contributed by atoms with Gasteiger partial charge in [-0.3, -0.25) is 0 Å². The Bertz CT molecular complexity index is 480. The van der Waals surface area contributed by atoms with Crippen LogP contribution in [0.5, 0.6) is 0 Å². The quantitative estimate of drug-likeness (QED) is 0.843. The minimum atomic E-state index is 0.847. The minimum Gasteiger partial charge on any atom is -0.340 e. The molecule has 0 atom stereocenters. The summed E-state index contributed by atoms with van der Waals surface area (Å²) in [5, 5.41) is 6.43. The van der Waals surface area contributed by atoms with E-state index in [1.165, 1.54) is 5.56 Å². The van der Waals surface area contributed by atoms with E-state index in [2.05, 4.69) is 28.6 Å². The molecule has 0 radical (unpaired) electrons. The highest BCUT2D eigenvalue weighted by Gasteiger charge is 2.01. The van der Waals surface area contributed by atoms with Gasteiger partial charge in [-0.1, -0.05) is 18.2 Å². The lowest BCUT2D eigenvalue weighted by atomic mass is 10.2. The van der Waals surface area contributed by atoms with Crippen LogP contribution in [-0.2, 0) is 6.54 Å². The predicted octanol–water partition coefficient (Wildman–Crippen LogP) is 2.85. The van der Waals surface area contributed by atoms with E-state index in [-0.39, 0.29) is 0 Å². The van der Waals surface area contributed by atoms with Gasteiger partial charge in [-0.05, 0) is 43.3 Å². The van der Waals surface area contributed by atoms with E-state index in [9.17, 15) is 0 Å². The summed E-state index contributed by atoms with van der Waals surface area (Å²) >= 11 is 0. The van der Waals surface area contributed by atoms with Crippen LogP contribution in [-0.4, -0.2) is 12.0 Å². The molecule has 3 heteroatoms. The highest BCUT2D eigenvalue weighted by Crippen LogP contribution is 2.18. The predicted molar refractivity (Wildman–Crippen MR) is 71.5 cm³/mol. The molecule has 0 saturated carbocycles. The molecule has 1 aromatic heterocycles. The molecule has 0 spiro atoms. The lowest BCUT2D eigenvalue weighted by Crippen LogP contribution is -2.06. The zero-order valence-electron chi connectivity index (χ0n) is 10.2. The largest absolute Gasteiger partial charge is 0.340 e. The topological polar surface area (TPSA) is 37.0 Å². The molecule has 1 aromatic carbocycles. The molecule has 3 nitrogen and oxygen atoms in total. The molecule has 1 heterocycles. The maximum Gasteiger partial charge on any atom is 0.133 e. The van der Waals surface area contributed by atoms with Crippen molar-refractivity contribution in [1.82, 2.24) is 10.3 Å². The first-order chi connectivity index (χ1) is 8.29. The number of rotatable bonds is 4. The first-order valence-corrected chi connectivity index (χ1v) is 5.72. The van der Waals surface area contributed by atoms with E-state index in [1.807, 2.05) is 43.6 Å². The molecule has 0 saturated heterocycles. The second-order valence-electron chi connectivity index (χ2n) is 4.03. The molecule has 2 aromatic rings. The molecular formula is C14H17N3. The Balaban J connectivity index is 2.17. The summed E-state index contributed by atoms with van der Waals surface area (Å²) in [5.41, 5.74) is 3.41. The van der Waals surface area contributed by atoms with Crippen LogP contribution in [0.2, 0.25) is 0 Å². The number of aromatic nitrogens is 1. The molecular weight excluding hydrogens is 210 g/mol. The third kappa shape index (κ3) is 3.04. The van der Waals surface area contributed by atoms with Gasteiger partial charge in [-0.15, -0.1) is 0 Å². The Morgan fingerprint density at radius 2 is 1.94 bits per heavy atom. The van der Waals surface area contributed by atoms with Gasteiger partial charge >= 0.3 is 0 Å². The van der Waals surface area contributed by atoms with Crippen LogP contribution in [0.4, 0.5) is 11.5 Å². The summed E-state index contributed by atoms with van der Waals surface area (Å²) in [6.45, 7) is 2.91. The summed E-state index contributed by atoms with van der Waals surface area (Å²) < 4.78 is 0.